The Morgan fingerprint density at radius 3 is 2.61 bits per heavy atom. The van der Waals surface area contributed by atoms with E-state index in [1.54, 1.807) is 0 Å². The minimum absolute atomic E-state index is 0.0967. The molecule has 3 heteroatoms. The Hall–Kier alpha value is -0.670. The Kier molecular flexibility index (Phi) is 4.57. The summed E-state index contributed by atoms with van der Waals surface area (Å²) in [5, 5.41) is 3.34. The first-order chi connectivity index (χ1) is 8.68. The van der Waals surface area contributed by atoms with Crippen LogP contribution in [0.4, 0.5) is 0 Å². The highest BCUT2D eigenvalue weighted by Gasteiger charge is 2.37. The van der Waals surface area contributed by atoms with Crippen molar-refractivity contribution >= 4 is 21.7 Å². The molecule has 1 aliphatic rings. The van der Waals surface area contributed by atoms with Gasteiger partial charge in [-0.3, -0.25) is 4.79 Å². The van der Waals surface area contributed by atoms with Crippen molar-refractivity contribution in [3.8, 4) is 0 Å². The van der Waals surface area contributed by atoms with Crippen molar-refractivity contribution in [3.05, 3.63) is 34.3 Å². The van der Waals surface area contributed by atoms with Gasteiger partial charge in [0.25, 0.3) is 0 Å². The molecule has 0 bridgehead atoms. The molecule has 98 valence electrons. The van der Waals surface area contributed by atoms with Crippen molar-refractivity contribution in [3.63, 3.8) is 0 Å². The number of Topliss-reactive ketones (excluding diaryl/α,β-unsaturated/α-hetero) is 1. The molecule has 0 aliphatic carbocycles. The molecule has 0 aromatic heterocycles. The molecule has 0 saturated carbocycles. The van der Waals surface area contributed by atoms with Crippen molar-refractivity contribution < 1.29 is 4.79 Å². The number of carbonyl (C=O) groups is 1. The first-order valence-corrected chi connectivity index (χ1v) is 7.45. The fraction of sp³-hybridized carbons (Fsp3) is 0.533. The zero-order valence-corrected chi connectivity index (χ0v) is 12.4. The molecule has 0 spiro atoms. The van der Waals surface area contributed by atoms with Crippen molar-refractivity contribution in [2.24, 2.45) is 5.41 Å². The maximum absolute atomic E-state index is 12.6. The minimum Gasteiger partial charge on any atom is -0.317 e. The number of piperidine rings is 1. The average Bonchev–Trinajstić information content (AvgIpc) is 2.42. The predicted octanol–water partition coefficient (Wildman–Crippen LogP) is 3.34. The first-order valence-electron chi connectivity index (χ1n) is 6.65. The lowest BCUT2D eigenvalue weighted by molar-refractivity contribution is -0.129. The van der Waals surface area contributed by atoms with Crippen LogP contribution in [0.15, 0.2) is 28.7 Å². The van der Waals surface area contributed by atoms with Gasteiger partial charge < -0.3 is 5.32 Å². The first kappa shape index (κ1) is 13.8. The molecule has 1 aromatic carbocycles. The van der Waals surface area contributed by atoms with Crippen LogP contribution in [0.1, 0.15) is 31.7 Å². The number of halogens is 1. The van der Waals surface area contributed by atoms with Crippen LogP contribution in [0.5, 0.6) is 0 Å². The quantitative estimate of drug-likeness (QED) is 0.924. The van der Waals surface area contributed by atoms with Gasteiger partial charge >= 0.3 is 0 Å². The van der Waals surface area contributed by atoms with E-state index in [1.165, 1.54) is 0 Å². The fourth-order valence-corrected chi connectivity index (χ4v) is 3.16. The number of hydrogen-bond acceptors (Lipinski definition) is 2. The van der Waals surface area contributed by atoms with Gasteiger partial charge in [0.15, 0.2) is 0 Å². The maximum Gasteiger partial charge on any atom is 0.143 e. The van der Waals surface area contributed by atoms with E-state index in [0.717, 1.165) is 42.4 Å². The average molecular weight is 310 g/mol. The Morgan fingerprint density at radius 2 is 2.00 bits per heavy atom. The smallest absolute Gasteiger partial charge is 0.143 e. The molecule has 0 atom stereocenters. The zero-order valence-electron chi connectivity index (χ0n) is 10.8. The maximum atomic E-state index is 12.6. The standard InChI is InChI=1S/C15H20BrNO/c1-2-15(7-9-17-10-8-15)14(18)11-12-5-3-4-6-13(12)16/h3-6,17H,2,7-11H2,1H3. The van der Waals surface area contributed by atoms with Gasteiger partial charge in [0.05, 0.1) is 0 Å². The summed E-state index contributed by atoms with van der Waals surface area (Å²) >= 11 is 3.52. The Morgan fingerprint density at radius 1 is 1.33 bits per heavy atom. The zero-order chi connectivity index (χ0) is 13.0. The number of ketones is 1. The molecule has 1 aliphatic heterocycles. The predicted molar refractivity (Wildman–Crippen MR) is 77.7 cm³/mol. The lowest BCUT2D eigenvalue weighted by atomic mass is 9.72. The van der Waals surface area contributed by atoms with Crippen molar-refractivity contribution in [1.29, 1.82) is 0 Å². The summed E-state index contributed by atoms with van der Waals surface area (Å²) in [6, 6.07) is 8.02. The summed E-state index contributed by atoms with van der Waals surface area (Å²) < 4.78 is 1.04. The molecule has 0 amide bonds. The Labute approximate surface area is 117 Å². The highest BCUT2D eigenvalue weighted by molar-refractivity contribution is 9.10. The molecule has 1 fully saturated rings. The van der Waals surface area contributed by atoms with E-state index in [2.05, 4.69) is 28.2 Å². The van der Waals surface area contributed by atoms with Crippen LogP contribution in [-0.4, -0.2) is 18.9 Å². The molecule has 1 heterocycles. The van der Waals surface area contributed by atoms with Crippen LogP contribution < -0.4 is 5.32 Å². The lowest BCUT2D eigenvalue weighted by Gasteiger charge is -2.35. The SMILES string of the molecule is CCC1(C(=O)Cc2ccccc2Br)CCNCC1. The Bertz CT molecular complexity index is 424. The highest BCUT2D eigenvalue weighted by Crippen LogP contribution is 2.35. The monoisotopic (exact) mass is 309 g/mol. The van der Waals surface area contributed by atoms with Gasteiger partial charge in [0.2, 0.25) is 0 Å². The van der Waals surface area contributed by atoms with Gasteiger partial charge in [-0.15, -0.1) is 0 Å². The van der Waals surface area contributed by atoms with Crippen molar-refractivity contribution in [1.82, 2.24) is 5.32 Å². The topological polar surface area (TPSA) is 29.1 Å². The van der Waals surface area contributed by atoms with Crippen molar-refractivity contribution in [2.75, 3.05) is 13.1 Å². The summed E-state index contributed by atoms with van der Waals surface area (Å²) in [6.07, 6.45) is 3.47. The van der Waals surface area contributed by atoms with E-state index < -0.39 is 0 Å². The number of rotatable bonds is 4. The molecule has 0 unspecified atom stereocenters. The largest absolute Gasteiger partial charge is 0.317 e. The summed E-state index contributed by atoms with van der Waals surface area (Å²) in [6.45, 7) is 4.08. The third kappa shape index (κ3) is 2.83. The summed E-state index contributed by atoms with van der Waals surface area (Å²) in [4.78, 5) is 12.6. The van der Waals surface area contributed by atoms with Gasteiger partial charge in [0, 0.05) is 16.3 Å². The molecular weight excluding hydrogens is 290 g/mol. The molecule has 2 rings (SSSR count). The molecule has 0 radical (unpaired) electrons. The minimum atomic E-state index is -0.0967. The summed E-state index contributed by atoms with van der Waals surface area (Å²) in [5.41, 5.74) is 1.01. The van der Waals surface area contributed by atoms with E-state index in [-0.39, 0.29) is 5.41 Å². The molecule has 1 saturated heterocycles. The van der Waals surface area contributed by atoms with Crippen LogP contribution in [0, 0.1) is 5.41 Å². The molecule has 1 aromatic rings. The molecular formula is C15H20BrNO. The number of carbonyl (C=O) groups excluding carboxylic acids is 1. The van der Waals surface area contributed by atoms with Crippen LogP contribution in [0.25, 0.3) is 0 Å². The molecule has 18 heavy (non-hydrogen) atoms. The van der Waals surface area contributed by atoms with Gasteiger partial charge in [0.1, 0.15) is 5.78 Å². The van der Waals surface area contributed by atoms with E-state index in [9.17, 15) is 4.79 Å². The second kappa shape index (κ2) is 5.98. The van der Waals surface area contributed by atoms with Crippen LogP contribution in [-0.2, 0) is 11.2 Å². The Balaban J connectivity index is 2.13. The van der Waals surface area contributed by atoms with E-state index in [4.69, 9.17) is 0 Å². The van der Waals surface area contributed by atoms with E-state index in [0.29, 0.717) is 12.2 Å². The van der Waals surface area contributed by atoms with Gasteiger partial charge in [-0.2, -0.15) is 0 Å². The van der Waals surface area contributed by atoms with Crippen LogP contribution in [0.3, 0.4) is 0 Å². The van der Waals surface area contributed by atoms with Gasteiger partial charge in [-0.25, -0.2) is 0 Å². The normalized spacial score (nSPS) is 18.6. The number of hydrogen-bond donors (Lipinski definition) is 1. The highest BCUT2D eigenvalue weighted by atomic mass is 79.9. The third-order valence-electron chi connectivity index (χ3n) is 4.14. The number of nitrogens with one attached hydrogen (secondary N) is 1. The number of benzene rings is 1. The summed E-state index contributed by atoms with van der Waals surface area (Å²) in [7, 11) is 0. The lowest BCUT2D eigenvalue weighted by Crippen LogP contribution is -2.42. The second-order valence-electron chi connectivity index (χ2n) is 5.08. The third-order valence-corrected chi connectivity index (χ3v) is 4.91. The second-order valence-corrected chi connectivity index (χ2v) is 5.93. The molecule has 1 N–H and O–H groups in total. The summed E-state index contributed by atoms with van der Waals surface area (Å²) in [5.74, 6) is 0.401. The van der Waals surface area contributed by atoms with Gasteiger partial charge in [-0.1, -0.05) is 41.1 Å². The van der Waals surface area contributed by atoms with Gasteiger partial charge in [-0.05, 0) is 44.0 Å². The van der Waals surface area contributed by atoms with E-state index >= 15 is 0 Å². The van der Waals surface area contributed by atoms with E-state index in [1.807, 2.05) is 24.3 Å². The van der Waals surface area contributed by atoms with Crippen molar-refractivity contribution in [2.45, 2.75) is 32.6 Å². The van der Waals surface area contributed by atoms with Crippen LogP contribution >= 0.6 is 15.9 Å². The fourth-order valence-electron chi connectivity index (χ4n) is 2.74. The molecule has 2 nitrogen and oxygen atoms in total. The van der Waals surface area contributed by atoms with Crippen LogP contribution in [0.2, 0.25) is 0 Å².